The Labute approximate surface area is 284 Å². The monoisotopic (exact) mass is 674 g/mol. The Morgan fingerprint density at radius 1 is 0.939 bits per heavy atom. The third-order valence-electron chi connectivity index (χ3n) is 8.09. The van der Waals surface area contributed by atoms with Crippen LogP contribution in [0.2, 0.25) is 0 Å². The van der Waals surface area contributed by atoms with Crippen molar-refractivity contribution < 1.29 is 39.0 Å². The molecule has 1 heterocycles. The van der Waals surface area contributed by atoms with E-state index in [0.717, 1.165) is 25.7 Å². The summed E-state index contributed by atoms with van der Waals surface area (Å²) in [6.07, 6.45) is 10.7. The number of aromatic nitrogens is 2. The summed E-state index contributed by atoms with van der Waals surface area (Å²) in [6.45, 7) is 2.65. The smallest absolute Gasteiger partial charge is 0.322 e. The van der Waals surface area contributed by atoms with Crippen LogP contribution < -0.4 is 10.1 Å². The van der Waals surface area contributed by atoms with Crippen LogP contribution in [0.15, 0.2) is 54.6 Å². The summed E-state index contributed by atoms with van der Waals surface area (Å²) in [4.78, 5) is 46.9. The zero-order valence-corrected chi connectivity index (χ0v) is 27.8. The molecule has 1 aromatic heterocycles. The van der Waals surface area contributed by atoms with E-state index < -0.39 is 29.3 Å². The molecule has 4 aromatic rings. The van der Waals surface area contributed by atoms with Crippen molar-refractivity contribution in [1.82, 2.24) is 15.1 Å². The van der Waals surface area contributed by atoms with Crippen LogP contribution in [0.4, 0.5) is 5.69 Å². The number of esters is 1. The lowest BCUT2D eigenvalue weighted by Gasteiger charge is -2.16. The van der Waals surface area contributed by atoms with Crippen LogP contribution in [0.1, 0.15) is 93.3 Å². The van der Waals surface area contributed by atoms with E-state index in [0.29, 0.717) is 28.8 Å². The highest BCUT2D eigenvalue weighted by Gasteiger charge is 2.25. The number of carboxylic acid groups (broad SMARTS) is 1. The molecule has 3 N–H and O–H groups in total. The summed E-state index contributed by atoms with van der Waals surface area (Å²) in [5.41, 5.74) is 1.19. The molecule has 0 atom stereocenters. The molecule has 260 valence electrons. The van der Waals surface area contributed by atoms with Gasteiger partial charge in [0.25, 0.3) is 11.6 Å². The van der Waals surface area contributed by atoms with E-state index in [1.807, 2.05) is 0 Å². The number of hydrogen-bond acceptors (Lipinski definition) is 9. The van der Waals surface area contributed by atoms with Crippen LogP contribution in [-0.4, -0.2) is 49.3 Å². The second-order valence-electron chi connectivity index (χ2n) is 11.8. The highest BCUT2D eigenvalue weighted by molar-refractivity contribution is 6.06. The second-order valence-corrected chi connectivity index (χ2v) is 11.8. The van der Waals surface area contributed by atoms with Gasteiger partial charge in [0, 0.05) is 29.8 Å². The number of nitro benzene ring substituents is 1. The molecule has 0 bridgehead atoms. The van der Waals surface area contributed by atoms with Gasteiger partial charge in [0.05, 0.1) is 27.4 Å². The lowest BCUT2D eigenvalue weighted by atomic mass is 10.0. The number of aryl methyl sites for hydroxylation is 1. The minimum atomic E-state index is -1.26. The van der Waals surface area contributed by atoms with Crippen LogP contribution in [-0.2, 0) is 27.4 Å². The number of rotatable bonds is 19. The number of fused-ring (bicyclic) bond motifs is 1. The zero-order chi connectivity index (χ0) is 35.3. The number of unbranched alkanes of at least 4 members (excludes halogenated alkanes) is 8. The first kappa shape index (κ1) is 36.4. The first-order valence-corrected chi connectivity index (χ1v) is 16.5. The fraction of sp³-hybridized carbons (Fsp3) is 0.389. The number of aliphatic carboxylic acids is 1. The van der Waals surface area contributed by atoms with Crippen LogP contribution in [0, 0.1) is 10.1 Å². The molecule has 13 heteroatoms. The lowest BCUT2D eigenvalue weighted by molar-refractivity contribution is -0.384. The fourth-order valence-corrected chi connectivity index (χ4v) is 5.54. The van der Waals surface area contributed by atoms with Gasteiger partial charge in [-0.15, -0.1) is 0 Å². The van der Waals surface area contributed by atoms with Crippen molar-refractivity contribution in [2.45, 2.75) is 84.7 Å². The third kappa shape index (κ3) is 9.78. The van der Waals surface area contributed by atoms with E-state index in [9.17, 15) is 29.6 Å². The number of amides is 1. The largest absolute Gasteiger partial charge is 0.506 e. The number of ether oxygens (including phenoxy) is 2. The number of hydrogen-bond donors (Lipinski definition) is 3. The quantitative estimate of drug-likeness (QED) is 0.0392. The maximum atomic E-state index is 13.0. The molecule has 0 fully saturated rings. The van der Waals surface area contributed by atoms with Gasteiger partial charge in [0.15, 0.2) is 0 Å². The van der Waals surface area contributed by atoms with Gasteiger partial charge in [-0.25, -0.2) is 4.68 Å². The standard InChI is InChI=1S/C36H42N4O9/c1-3-4-5-6-7-8-9-10-11-16-31-30(23-48-24(2)41)36(39(38-31)25-17-19-26(20-18-25)40(46)47)49-32-21-29(35(45)37-22-33(42)43)34(44)28-15-13-12-14-27(28)32/h12-15,17-21,44H,3-11,16,22-23H2,1-2H3,(H,37,45)(H,42,43). The predicted molar refractivity (Wildman–Crippen MR) is 182 cm³/mol. The number of nitro groups is 1. The number of carbonyl (C=O) groups is 3. The Bertz CT molecular complexity index is 1780. The van der Waals surface area contributed by atoms with Gasteiger partial charge >= 0.3 is 11.9 Å². The van der Waals surface area contributed by atoms with Crippen molar-refractivity contribution in [3.05, 3.63) is 81.5 Å². The minimum absolute atomic E-state index is 0.116. The highest BCUT2D eigenvalue weighted by Crippen LogP contribution is 2.40. The molecular formula is C36H42N4O9. The van der Waals surface area contributed by atoms with Crippen molar-refractivity contribution in [1.29, 1.82) is 0 Å². The number of benzene rings is 3. The molecule has 49 heavy (non-hydrogen) atoms. The normalized spacial score (nSPS) is 11.0. The first-order chi connectivity index (χ1) is 23.6. The van der Waals surface area contributed by atoms with Gasteiger partial charge in [-0.1, -0.05) is 82.6 Å². The van der Waals surface area contributed by atoms with Gasteiger partial charge in [0.1, 0.15) is 24.7 Å². The molecule has 0 saturated carbocycles. The fourth-order valence-electron chi connectivity index (χ4n) is 5.54. The van der Waals surface area contributed by atoms with Gasteiger partial charge in [-0.3, -0.25) is 24.5 Å². The van der Waals surface area contributed by atoms with E-state index in [1.54, 1.807) is 24.3 Å². The Balaban J connectivity index is 1.76. The Morgan fingerprint density at radius 3 is 2.18 bits per heavy atom. The van der Waals surface area contributed by atoms with Crippen LogP contribution in [0.25, 0.3) is 16.5 Å². The van der Waals surface area contributed by atoms with Crippen LogP contribution >= 0.6 is 0 Å². The summed E-state index contributed by atoms with van der Waals surface area (Å²) in [6, 6.07) is 13.7. The number of carbonyl (C=O) groups excluding carboxylic acids is 2. The molecule has 3 aromatic carbocycles. The summed E-state index contributed by atoms with van der Waals surface area (Å²) in [5.74, 6) is -2.68. The molecule has 0 aliphatic heterocycles. The van der Waals surface area contributed by atoms with Crippen LogP contribution in [0.5, 0.6) is 17.4 Å². The Hall–Kier alpha value is -5.46. The third-order valence-corrected chi connectivity index (χ3v) is 8.09. The van der Waals surface area contributed by atoms with E-state index in [2.05, 4.69) is 12.2 Å². The molecule has 0 spiro atoms. The summed E-state index contributed by atoms with van der Waals surface area (Å²) < 4.78 is 13.4. The molecule has 13 nitrogen and oxygen atoms in total. The Kier molecular flexibility index (Phi) is 13.1. The average Bonchev–Trinajstić information content (AvgIpc) is 3.43. The number of non-ortho nitro benzene ring substituents is 1. The van der Waals surface area contributed by atoms with Gasteiger partial charge < -0.3 is 25.0 Å². The van der Waals surface area contributed by atoms with Crippen molar-refractivity contribution in [2.24, 2.45) is 0 Å². The Morgan fingerprint density at radius 2 is 1.57 bits per heavy atom. The summed E-state index contributed by atoms with van der Waals surface area (Å²) >= 11 is 0. The average molecular weight is 675 g/mol. The maximum Gasteiger partial charge on any atom is 0.322 e. The topological polar surface area (TPSA) is 183 Å². The van der Waals surface area contributed by atoms with Gasteiger partial charge in [-0.2, -0.15) is 5.10 Å². The number of nitrogens with one attached hydrogen (secondary N) is 1. The minimum Gasteiger partial charge on any atom is -0.506 e. The van der Waals surface area contributed by atoms with Crippen molar-refractivity contribution >= 4 is 34.3 Å². The molecule has 1 amide bonds. The number of aromatic hydroxyl groups is 1. The molecule has 0 saturated heterocycles. The zero-order valence-electron chi connectivity index (χ0n) is 27.8. The number of nitrogens with zero attached hydrogens (tertiary/aromatic N) is 3. The highest BCUT2D eigenvalue weighted by atomic mass is 16.6. The predicted octanol–water partition coefficient (Wildman–Crippen LogP) is 7.38. The SMILES string of the molecule is CCCCCCCCCCCc1nn(-c2ccc([N+](=O)[O-])cc2)c(Oc2cc(C(=O)NCC(=O)O)c(O)c3ccccc23)c1COC(C)=O. The van der Waals surface area contributed by atoms with E-state index in [1.165, 1.54) is 74.0 Å². The maximum absolute atomic E-state index is 13.0. The molecule has 0 unspecified atom stereocenters. The van der Waals surface area contributed by atoms with Gasteiger partial charge in [0.2, 0.25) is 5.88 Å². The number of phenols is 1. The molecule has 4 rings (SSSR count). The molecule has 0 aliphatic carbocycles. The first-order valence-electron chi connectivity index (χ1n) is 16.5. The number of carboxylic acids is 1. The number of phenolic OH excluding ortho intramolecular Hbond substituents is 1. The van der Waals surface area contributed by atoms with Gasteiger partial charge in [-0.05, 0) is 31.0 Å². The van der Waals surface area contributed by atoms with E-state index in [4.69, 9.17) is 19.7 Å². The second kappa shape index (κ2) is 17.6. The van der Waals surface area contributed by atoms with Crippen molar-refractivity contribution in [3.63, 3.8) is 0 Å². The summed E-state index contributed by atoms with van der Waals surface area (Å²) in [7, 11) is 0. The molecule has 0 radical (unpaired) electrons. The molecular weight excluding hydrogens is 632 g/mol. The van der Waals surface area contributed by atoms with Crippen LogP contribution in [0.3, 0.4) is 0 Å². The van der Waals surface area contributed by atoms with E-state index in [-0.39, 0.29) is 40.6 Å². The molecule has 0 aliphatic rings. The van der Waals surface area contributed by atoms with E-state index >= 15 is 0 Å². The summed E-state index contributed by atoms with van der Waals surface area (Å²) in [5, 5.41) is 39.2. The van der Waals surface area contributed by atoms with Crippen molar-refractivity contribution in [3.8, 4) is 23.1 Å². The van der Waals surface area contributed by atoms with Crippen molar-refractivity contribution in [2.75, 3.05) is 6.54 Å². The lowest BCUT2D eigenvalue weighted by Crippen LogP contribution is -2.29.